The highest BCUT2D eigenvalue weighted by Gasteiger charge is 2.36. The zero-order valence-electron chi connectivity index (χ0n) is 13.3. The molecule has 22 heavy (non-hydrogen) atoms. The van der Waals surface area contributed by atoms with Gasteiger partial charge in [0.1, 0.15) is 18.1 Å². The normalized spacial score (nSPS) is 19.2. The predicted molar refractivity (Wildman–Crippen MR) is 85.2 cm³/mol. The summed E-state index contributed by atoms with van der Waals surface area (Å²) in [6.45, 7) is 8.05. The molecule has 4 heteroatoms. The molecule has 0 spiro atoms. The lowest BCUT2D eigenvalue weighted by atomic mass is 9.94. The molecule has 1 aliphatic rings. The van der Waals surface area contributed by atoms with Gasteiger partial charge in [-0.2, -0.15) is 0 Å². The van der Waals surface area contributed by atoms with Gasteiger partial charge in [-0.3, -0.25) is 4.79 Å². The van der Waals surface area contributed by atoms with Crippen LogP contribution in [0.2, 0.25) is 0 Å². The summed E-state index contributed by atoms with van der Waals surface area (Å²) in [6, 6.07) is 5.73. The highest BCUT2D eigenvalue weighted by Crippen LogP contribution is 2.43. The van der Waals surface area contributed by atoms with Crippen molar-refractivity contribution in [2.24, 2.45) is 0 Å². The second-order valence-corrected chi connectivity index (χ2v) is 5.38. The lowest BCUT2D eigenvalue weighted by Crippen LogP contribution is -2.25. The maximum Gasteiger partial charge on any atom is 0.308 e. The summed E-state index contributed by atoms with van der Waals surface area (Å²) in [5.74, 6) is 1.40. The molecule has 1 aliphatic heterocycles. The number of benzene rings is 1. The fourth-order valence-corrected chi connectivity index (χ4v) is 2.56. The van der Waals surface area contributed by atoms with Gasteiger partial charge in [0, 0.05) is 12.0 Å². The van der Waals surface area contributed by atoms with E-state index in [4.69, 9.17) is 14.2 Å². The Morgan fingerprint density at radius 3 is 2.91 bits per heavy atom. The van der Waals surface area contributed by atoms with Crippen LogP contribution in [-0.4, -0.2) is 18.9 Å². The zero-order chi connectivity index (χ0) is 15.9. The molecule has 0 unspecified atom stereocenters. The summed E-state index contributed by atoms with van der Waals surface area (Å²) < 4.78 is 16.9. The van der Waals surface area contributed by atoms with Crippen LogP contribution in [0.5, 0.6) is 11.5 Å². The monoisotopic (exact) mass is 304 g/mol. The third-order valence-corrected chi connectivity index (χ3v) is 3.73. The number of hydrogen-bond donors (Lipinski definition) is 0. The number of ether oxygens (including phenoxy) is 3. The van der Waals surface area contributed by atoms with Gasteiger partial charge in [-0.1, -0.05) is 39.3 Å². The van der Waals surface area contributed by atoms with E-state index >= 15 is 0 Å². The van der Waals surface area contributed by atoms with Gasteiger partial charge < -0.3 is 14.2 Å². The molecule has 0 fully saturated rings. The molecule has 2 rings (SSSR count). The lowest BCUT2D eigenvalue weighted by Gasteiger charge is -2.19. The van der Waals surface area contributed by atoms with E-state index in [1.54, 1.807) is 13.0 Å². The van der Waals surface area contributed by atoms with Crippen molar-refractivity contribution >= 4 is 5.97 Å². The van der Waals surface area contributed by atoms with Crippen LogP contribution in [0.15, 0.2) is 30.9 Å². The number of carbonyl (C=O) groups is 1. The van der Waals surface area contributed by atoms with Gasteiger partial charge in [0.25, 0.3) is 6.29 Å². The van der Waals surface area contributed by atoms with Crippen LogP contribution in [0.4, 0.5) is 0 Å². The molecule has 0 bridgehead atoms. The van der Waals surface area contributed by atoms with Crippen molar-refractivity contribution in [3.63, 3.8) is 0 Å². The average molecular weight is 304 g/mol. The SMILES string of the molecule is C=CCOc1ccc2c(c1)[C@H](CCCC)[C@@H](OC(=O)CC)O2. The molecule has 0 aromatic heterocycles. The quantitative estimate of drug-likeness (QED) is 0.533. The third-order valence-electron chi connectivity index (χ3n) is 3.73. The van der Waals surface area contributed by atoms with Crippen molar-refractivity contribution in [1.29, 1.82) is 0 Å². The summed E-state index contributed by atoms with van der Waals surface area (Å²) in [6.07, 6.45) is 4.62. The molecule has 0 radical (unpaired) electrons. The van der Waals surface area contributed by atoms with Gasteiger partial charge in [0.05, 0.1) is 5.92 Å². The molecule has 2 atom stereocenters. The molecule has 0 aliphatic carbocycles. The Kier molecular flexibility index (Phi) is 5.87. The molecule has 4 nitrogen and oxygen atoms in total. The number of carbonyl (C=O) groups excluding carboxylic acids is 1. The van der Waals surface area contributed by atoms with E-state index < -0.39 is 6.29 Å². The first kappa shape index (κ1) is 16.4. The van der Waals surface area contributed by atoms with Gasteiger partial charge in [0.2, 0.25) is 0 Å². The van der Waals surface area contributed by atoms with Crippen LogP contribution in [-0.2, 0) is 9.53 Å². The second-order valence-electron chi connectivity index (χ2n) is 5.38. The van der Waals surface area contributed by atoms with Crippen LogP contribution in [0.25, 0.3) is 0 Å². The first-order valence-corrected chi connectivity index (χ1v) is 7.93. The number of hydrogen-bond acceptors (Lipinski definition) is 4. The second kappa shape index (κ2) is 7.87. The summed E-state index contributed by atoms with van der Waals surface area (Å²) in [5.41, 5.74) is 1.06. The molecule has 1 aromatic rings. The van der Waals surface area contributed by atoms with E-state index in [2.05, 4.69) is 13.5 Å². The molecular formula is C18H24O4. The van der Waals surface area contributed by atoms with E-state index in [0.29, 0.717) is 13.0 Å². The average Bonchev–Trinajstić information content (AvgIpc) is 2.87. The van der Waals surface area contributed by atoms with Crippen LogP contribution in [0, 0.1) is 0 Å². The summed E-state index contributed by atoms with van der Waals surface area (Å²) in [5, 5.41) is 0. The summed E-state index contributed by atoms with van der Waals surface area (Å²) in [4.78, 5) is 11.6. The van der Waals surface area contributed by atoms with Crippen LogP contribution in [0.1, 0.15) is 51.0 Å². The van der Waals surface area contributed by atoms with Gasteiger partial charge in [0.15, 0.2) is 0 Å². The first-order chi connectivity index (χ1) is 10.7. The maximum atomic E-state index is 11.6. The lowest BCUT2D eigenvalue weighted by molar-refractivity contribution is -0.163. The Labute approximate surface area is 132 Å². The maximum absolute atomic E-state index is 11.6. The molecule has 0 saturated heterocycles. The Balaban J connectivity index is 2.19. The minimum absolute atomic E-state index is 0.0673. The van der Waals surface area contributed by atoms with E-state index in [9.17, 15) is 4.79 Å². The Morgan fingerprint density at radius 1 is 1.41 bits per heavy atom. The number of esters is 1. The van der Waals surface area contributed by atoms with Gasteiger partial charge in [-0.25, -0.2) is 0 Å². The molecule has 1 aromatic carbocycles. The number of rotatable bonds is 8. The molecule has 0 saturated carbocycles. The van der Waals surface area contributed by atoms with Crippen LogP contribution < -0.4 is 9.47 Å². The molecule has 120 valence electrons. The number of fused-ring (bicyclic) bond motifs is 1. The van der Waals surface area contributed by atoms with Crippen LogP contribution in [0.3, 0.4) is 0 Å². The predicted octanol–water partition coefficient (Wildman–Crippen LogP) is 4.20. The van der Waals surface area contributed by atoms with Gasteiger partial charge >= 0.3 is 5.97 Å². The highest BCUT2D eigenvalue weighted by molar-refractivity contribution is 5.69. The van der Waals surface area contributed by atoms with E-state index in [0.717, 1.165) is 36.3 Å². The van der Waals surface area contributed by atoms with E-state index in [-0.39, 0.29) is 11.9 Å². The fraction of sp³-hybridized carbons (Fsp3) is 0.500. The Bertz CT molecular complexity index is 524. The van der Waals surface area contributed by atoms with E-state index in [1.807, 2.05) is 18.2 Å². The standard InChI is InChI=1S/C18H24O4/c1-4-7-8-14-15-12-13(20-11-5-2)9-10-16(15)21-18(14)22-17(19)6-3/h5,9-10,12,14,18H,2,4,6-8,11H2,1,3H3/t14-,18+/m0/s1. The van der Waals surface area contributed by atoms with Crippen LogP contribution >= 0.6 is 0 Å². The Morgan fingerprint density at radius 2 is 2.23 bits per heavy atom. The number of unbranched alkanes of at least 4 members (excludes halogenated alkanes) is 1. The largest absolute Gasteiger partial charge is 0.490 e. The van der Waals surface area contributed by atoms with Crippen molar-refractivity contribution in [3.8, 4) is 11.5 Å². The smallest absolute Gasteiger partial charge is 0.308 e. The Hall–Kier alpha value is -1.97. The third kappa shape index (κ3) is 3.81. The minimum atomic E-state index is -0.524. The van der Waals surface area contributed by atoms with Gasteiger partial charge in [-0.05, 0) is 24.6 Å². The summed E-state index contributed by atoms with van der Waals surface area (Å²) >= 11 is 0. The minimum Gasteiger partial charge on any atom is -0.490 e. The van der Waals surface area contributed by atoms with Crippen molar-refractivity contribution in [2.45, 2.75) is 51.7 Å². The zero-order valence-corrected chi connectivity index (χ0v) is 13.3. The van der Waals surface area contributed by atoms with E-state index in [1.165, 1.54) is 0 Å². The highest BCUT2D eigenvalue weighted by atomic mass is 16.7. The van der Waals surface area contributed by atoms with Crippen molar-refractivity contribution in [1.82, 2.24) is 0 Å². The van der Waals surface area contributed by atoms with Gasteiger partial charge in [-0.15, -0.1) is 0 Å². The summed E-state index contributed by atoms with van der Waals surface area (Å²) in [7, 11) is 0. The molecular weight excluding hydrogens is 280 g/mol. The van der Waals surface area contributed by atoms with Crippen molar-refractivity contribution < 1.29 is 19.0 Å². The first-order valence-electron chi connectivity index (χ1n) is 7.93. The fourth-order valence-electron chi connectivity index (χ4n) is 2.56. The molecule has 1 heterocycles. The van der Waals surface area contributed by atoms with Crippen molar-refractivity contribution in [3.05, 3.63) is 36.4 Å². The molecule has 0 amide bonds. The topological polar surface area (TPSA) is 44.8 Å². The molecule has 0 N–H and O–H groups in total. The van der Waals surface area contributed by atoms with Crippen molar-refractivity contribution in [2.75, 3.05) is 6.61 Å².